The summed E-state index contributed by atoms with van der Waals surface area (Å²) in [6, 6.07) is 6.94. The molecule has 2 rings (SSSR count). The molecule has 1 saturated heterocycles. The molecule has 0 spiro atoms. The van der Waals surface area contributed by atoms with Gasteiger partial charge >= 0.3 is 0 Å². The van der Waals surface area contributed by atoms with Gasteiger partial charge in [-0.1, -0.05) is 29.8 Å². The Balaban J connectivity index is 1.88. The molecule has 1 aromatic rings. The molecule has 2 amide bonds. The minimum Gasteiger partial charge on any atom is -0.350 e. The average Bonchev–Trinajstić information content (AvgIpc) is 2.74. The van der Waals surface area contributed by atoms with Crippen molar-refractivity contribution in [2.75, 3.05) is 0 Å². The second-order valence-corrected chi connectivity index (χ2v) is 4.38. The van der Waals surface area contributed by atoms with E-state index >= 15 is 0 Å². The fourth-order valence-electron chi connectivity index (χ4n) is 1.76. The summed E-state index contributed by atoms with van der Waals surface area (Å²) in [6.07, 6.45) is 0.984. The van der Waals surface area contributed by atoms with Crippen molar-refractivity contribution in [3.8, 4) is 0 Å². The molecule has 2 N–H and O–H groups in total. The van der Waals surface area contributed by atoms with Crippen LogP contribution < -0.4 is 10.6 Å². The van der Waals surface area contributed by atoms with Gasteiger partial charge in [-0.3, -0.25) is 9.59 Å². The Morgan fingerprint density at radius 2 is 2.24 bits per heavy atom. The summed E-state index contributed by atoms with van der Waals surface area (Å²) >= 11 is 5.97. The standard InChI is InChI=1S/C12H13ClN2O2/c13-9-4-2-1-3-8(9)7-14-12(17)10-5-6-11(16)15-10/h1-4,10H,5-7H2,(H,14,17)(H,15,16)/t10-/m0/s1. The van der Waals surface area contributed by atoms with E-state index < -0.39 is 6.04 Å². The van der Waals surface area contributed by atoms with Crippen molar-refractivity contribution in [3.63, 3.8) is 0 Å². The lowest BCUT2D eigenvalue weighted by atomic mass is 10.2. The summed E-state index contributed by atoms with van der Waals surface area (Å²) in [5, 5.41) is 6.01. The van der Waals surface area contributed by atoms with Gasteiger partial charge in [0, 0.05) is 18.0 Å². The van der Waals surface area contributed by atoms with Gasteiger partial charge < -0.3 is 10.6 Å². The fourth-order valence-corrected chi connectivity index (χ4v) is 1.96. The third kappa shape index (κ3) is 2.97. The summed E-state index contributed by atoms with van der Waals surface area (Å²) in [5.74, 6) is -0.223. The van der Waals surface area contributed by atoms with E-state index in [4.69, 9.17) is 11.6 Å². The molecule has 90 valence electrons. The van der Waals surface area contributed by atoms with Crippen molar-refractivity contribution >= 4 is 23.4 Å². The minimum atomic E-state index is -0.398. The van der Waals surface area contributed by atoms with E-state index in [9.17, 15) is 9.59 Å². The van der Waals surface area contributed by atoms with Crippen molar-refractivity contribution < 1.29 is 9.59 Å². The Bertz CT molecular complexity index is 448. The highest BCUT2D eigenvalue weighted by Crippen LogP contribution is 2.14. The number of hydrogen-bond acceptors (Lipinski definition) is 2. The third-order valence-electron chi connectivity index (χ3n) is 2.72. The molecule has 1 heterocycles. The van der Waals surface area contributed by atoms with Crippen LogP contribution in [0, 0.1) is 0 Å². The molecule has 0 radical (unpaired) electrons. The van der Waals surface area contributed by atoms with E-state index in [1.54, 1.807) is 6.07 Å². The first kappa shape index (κ1) is 11.9. The van der Waals surface area contributed by atoms with Gasteiger partial charge in [0.2, 0.25) is 11.8 Å². The number of rotatable bonds is 3. The Kier molecular flexibility index (Phi) is 3.64. The van der Waals surface area contributed by atoms with E-state index in [1.165, 1.54) is 0 Å². The Morgan fingerprint density at radius 3 is 2.88 bits per heavy atom. The molecular weight excluding hydrogens is 240 g/mol. The average molecular weight is 253 g/mol. The van der Waals surface area contributed by atoms with Crippen LogP contribution in [-0.4, -0.2) is 17.9 Å². The molecule has 1 fully saturated rings. The van der Waals surface area contributed by atoms with Crippen LogP contribution in [0.1, 0.15) is 18.4 Å². The lowest BCUT2D eigenvalue weighted by Crippen LogP contribution is -2.41. The van der Waals surface area contributed by atoms with Gasteiger partial charge in [0.15, 0.2) is 0 Å². The lowest BCUT2D eigenvalue weighted by Gasteiger charge is -2.11. The highest BCUT2D eigenvalue weighted by Gasteiger charge is 2.26. The molecule has 1 aromatic carbocycles. The van der Waals surface area contributed by atoms with Crippen LogP contribution in [0.2, 0.25) is 5.02 Å². The van der Waals surface area contributed by atoms with Crippen molar-refractivity contribution in [2.24, 2.45) is 0 Å². The molecule has 5 heteroatoms. The SMILES string of the molecule is O=C1CC[C@@H](C(=O)NCc2ccccc2Cl)N1. The predicted molar refractivity (Wildman–Crippen MR) is 64.5 cm³/mol. The minimum absolute atomic E-state index is 0.0668. The molecule has 17 heavy (non-hydrogen) atoms. The first-order valence-electron chi connectivity index (χ1n) is 5.47. The van der Waals surface area contributed by atoms with Crippen molar-refractivity contribution in [2.45, 2.75) is 25.4 Å². The first-order valence-corrected chi connectivity index (χ1v) is 5.85. The zero-order valence-corrected chi connectivity index (χ0v) is 9.96. The molecule has 0 bridgehead atoms. The number of benzene rings is 1. The van der Waals surface area contributed by atoms with Crippen LogP contribution in [0.15, 0.2) is 24.3 Å². The van der Waals surface area contributed by atoms with Crippen molar-refractivity contribution in [3.05, 3.63) is 34.9 Å². The van der Waals surface area contributed by atoms with Crippen molar-refractivity contribution in [1.29, 1.82) is 0 Å². The molecule has 0 aromatic heterocycles. The maximum absolute atomic E-state index is 11.7. The van der Waals surface area contributed by atoms with Crippen LogP contribution in [0.5, 0.6) is 0 Å². The second kappa shape index (κ2) is 5.19. The van der Waals surface area contributed by atoms with Crippen LogP contribution in [-0.2, 0) is 16.1 Å². The molecule has 1 aliphatic rings. The van der Waals surface area contributed by atoms with Gasteiger partial charge in [0.25, 0.3) is 0 Å². The van der Waals surface area contributed by atoms with Gasteiger partial charge in [-0.15, -0.1) is 0 Å². The van der Waals surface area contributed by atoms with Crippen molar-refractivity contribution in [1.82, 2.24) is 10.6 Å². The highest BCUT2D eigenvalue weighted by molar-refractivity contribution is 6.31. The van der Waals surface area contributed by atoms with Crippen LogP contribution in [0.25, 0.3) is 0 Å². The number of carbonyl (C=O) groups is 2. The number of carbonyl (C=O) groups excluding carboxylic acids is 2. The van der Waals surface area contributed by atoms with Crippen LogP contribution in [0.4, 0.5) is 0 Å². The van der Waals surface area contributed by atoms with Gasteiger partial charge in [-0.25, -0.2) is 0 Å². The monoisotopic (exact) mass is 252 g/mol. The molecule has 4 nitrogen and oxygen atoms in total. The number of hydrogen-bond donors (Lipinski definition) is 2. The normalized spacial score (nSPS) is 18.9. The molecule has 0 aliphatic carbocycles. The molecule has 1 aliphatic heterocycles. The summed E-state index contributed by atoms with van der Waals surface area (Å²) < 4.78 is 0. The molecular formula is C12H13ClN2O2. The van der Waals surface area contributed by atoms with E-state index in [0.717, 1.165) is 5.56 Å². The van der Waals surface area contributed by atoms with Gasteiger partial charge in [0.05, 0.1) is 0 Å². The zero-order valence-electron chi connectivity index (χ0n) is 9.20. The first-order chi connectivity index (χ1) is 8.16. The number of halogens is 1. The zero-order chi connectivity index (χ0) is 12.3. The largest absolute Gasteiger partial charge is 0.350 e. The third-order valence-corrected chi connectivity index (χ3v) is 3.09. The second-order valence-electron chi connectivity index (χ2n) is 3.97. The van der Waals surface area contributed by atoms with Gasteiger partial charge in [0.1, 0.15) is 6.04 Å². The van der Waals surface area contributed by atoms with Crippen LogP contribution >= 0.6 is 11.6 Å². The summed E-state index contributed by atoms with van der Waals surface area (Å²) in [4.78, 5) is 22.7. The maximum Gasteiger partial charge on any atom is 0.242 e. The lowest BCUT2D eigenvalue weighted by molar-refractivity contribution is -0.125. The smallest absolute Gasteiger partial charge is 0.242 e. The van der Waals surface area contributed by atoms with Crippen LogP contribution in [0.3, 0.4) is 0 Å². The Morgan fingerprint density at radius 1 is 1.47 bits per heavy atom. The maximum atomic E-state index is 11.7. The molecule has 0 unspecified atom stereocenters. The summed E-state index contributed by atoms with van der Waals surface area (Å²) in [5.41, 5.74) is 0.867. The quantitative estimate of drug-likeness (QED) is 0.850. The highest BCUT2D eigenvalue weighted by atomic mass is 35.5. The number of amides is 2. The molecule has 0 saturated carbocycles. The van der Waals surface area contributed by atoms with E-state index in [2.05, 4.69) is 10.6 Å². The van der Waals surface area contributed by atoms with Gasteiger partial charge in [-0.2, -0.15) is 0 Å². The fraction of sp³-hybridized carbons (Fsp3) is 0.333. The Hall–Kier alpha value is -1.55. The number of nitrogens with one attached hydrogen (secondary N) is 2. The van der Waals surface area contributed by atoms with E-state index in [-0.39, 0.29) is 11.8 Å². The summed E-state index contributed by atoms with van der Waals surface area (Å²) in [7, 11) is 0. The molecule has 1 atom stereocenters. The topological polar surface area (TPSA) is 58.2 Å². The van der Waals surface area contributed by atoms with Gasteiger partial charge in [-0.05, 0) is 18.1 Å². The van der Waals surface area contributed by atoms with E-state index in [1.807, 2.05) is 18.2 Å². The van der Waals surface area contributed by atoms with E-state index in [0.29, 0.717) is 24.4 Å². The predicted octanol–water partition coefficient (Wildman–Crippen LogP) is 1.23. The Labute approximate surface area is 104 Å². The summed E-state index contributed by atoms with van der Waals surface area (Å²) in [6.45, 7) is 0.380.